The number of hydrogen-bond acceptors (Lipinski definition) is 3. The van der Waals surface area contributed by atoms with E-state index in [1.165, 1.54) is 6.92 Å². The Morgan fingerprint density at radius 1 is 1.41 bits per heavy atom. The van der Waals surface area contributed by atoms with Gasteiger partial charge in [0.05, 0.1) is 11.3 Å². The Hall–Kier alpha value is -1.84. The van der Waals surface area contributed by atoms with E-state index >= 15 is 0 Å². The molecule has 2 aliphatic rings. The minimum Gasteiger partial charge on any atom is -0.424 e. The molecule has 0 atom stereocenters. The second kappa shape index (κ2) is 3.58. The average molecular weight is 231 g/mol. The monoisotopic (exact) mass is 231 g/mol. The topological polar surface area (TPSA) is 48.3 Å². The third kappa shape index (κ3) is 1.44. The Labute approximate surface area is 98.9 Å². The molecule has 1 aromatic heterocycles. The number of rotatable bonds is 1. The van der Waals surface area contributed by atoms with Crippen molar-refractivity contribution in [1.29, 1.82) is 0 Å². The number of carbonyl (C=O) groups is 2. The van der Waals surface area contributed by atoms with Crippen molar-refractivity contribution in [2.75, 3.05) is 0 Å². The molecular formula is C13H13NO3. The van der Waals surface area contributed by atoms with Crippen LogP contribution in [0.4, 0.5) is 0 Å². The van der Waals surface area contributed by atoms with Crippen LogP contribution in [0.3, 0.4) is 0 Å². The van der Waals surface area contributed by atoms with E-state index in [9.17, 15) is 9.59 Å². The van der Waals surface area contributed by atoms with E-state index in [4.69, 9.17) is 4.74 Å². The van der Waals surface area contributed by atoms with Crippen LogP contribution in [0.5, 0.6) is 5.75 Å². The van der Waals surface area contributed by atoms with E-state index in [0.717, 1.165) is 30.8 Å². The highest BCUT2D eigenvalue weighted by Crippen LogP contribution is 2.38. The van der Waals surface area contributed by atoms with Crippen LogP contribution in [0, 0.1) is 0 Å². The fourth-order valence-corrected chi connectivity index (χ4v) is 2.64. The van der Waals surface area contributed by atoms with Crippen molar-refractivity contribution in [3.05, 3.63) is 23.0 Å². The largest absolute Gasteiger partial charge is 0.424 e. The molecule has 88 valence electrons. The minimum absolute atomic E-state index is 0.0952. The van der Waals surface area contributed by atoms with Gasteiger partial charge in [-0.25, -0.2) is 0 Å². The van der Waals surface area contributed by atoms with E-state index in [0.29, 0.717) is 17.7 Å². The molecule has 0 N–H and O–H groups in total. The number of aromatic nitrogens is 1. The molecule has 3 rings (SSSR count). The van der Waals surface area contributed by atoms with Crippen LogP contribution >= 0.6 is 0 Å². The molecule has 0 bridgehead atoms. The van der Waals surface area contributed by atoms with Crippen molar-refractivity contribution >= 4 is 17.8 Å². The molecule has 0 radical (unpaired) electrons. The summed E-state index contributed by atoms with van der Waals surface area (Å²) in [5, 5.41) is 0. The van der Waals surface area contributed by atoms with Gasteiger partial charge in [0, 0.05) is 25.6 Å². The molecule has 1 aliphatic heterocycles. The highest BCUT2D eigenvalue weighted by atomic mass is 16.5. The van der Waals surface area contributed by atoms with Crippen LogP contribution in [0.1, 0.15) is 41.5 Å². The number of fused-ring (bicyclic) bond motifs is 3. The second-order valence-electron chi connectivity index (χ2n) is 4.42. The van der Waals surface area contributed by atoms with Crippen LogP contribution in [0.2, 0.25) is 0 Å². The van der Waals surface area contributed by atoms with Gasteiger partial charge in [0.15, 0.2) is 11.5 Å². The summed E-state index contributed by atoms with van der Waals surface area (Å²) in [7, 11) is 0. The first-order valence-corrected chi connectivity index (χ1v) is 5.82. The van der Waals surface area contributed by atoms with Gasteiger partial charge in [-0.1, -0.05) is 6.08 Å². The van der Waals surface area contributed by atoms with Gasteiger partial charge in [-0.2, -0.15) is 0 Å². The molecule has 1 aliphatic carbocycles. The molecule has 0 unspecified atom stereocenters. The quantitative estimate of drug-likeness (QED) is 0.694. The Bertz CT molecular complexity index is 552. The van der Waals surface area contributed by atoms with Crippen molar-refractivity contribution in [3.8, 4) is 5.75 Å². The van der Waals surface area contributed by atoms with Gasteiger partial charge in [-0.3, -0.25) is 9.59 Å². The fraction of sp³-hybridized carbons (Fsp3) is 0.385. The van der Waals surface area contributed by atoms with E-state index < -0.39 is 0 Å². The first-order chi connectivity index (χ1) is 8.18. The maximum absolute atomic E-state index is 12.0. The molecule has 2 heterocycles. The van der Waals surface area contributed by atoms with Crippen molar-refractivity contribution in [2.45, 2.75) is 32.7 Å². The van der Waals surface area contributed by atoms with Gasteiger partial charge >= 0.3 is 5.97 Å². The predicted octanol–water partition coefficient (Wildman–Crippen LogP) is 1.96. The normalized spacial score (nSPS) is 16.9. The van der Waals surface area contributed by atoms with E-state index in [1.54, 1.807) is 0 Å². The SMILES string of the molecule is CC(=O)Oc1c2c(n3c1C=CC3)CCCC2=O. The lowest BCUT2D eigenvalue weighted by atomic mass is 9.95. The van der Waals surface area contributed by atoms with Gasteiger partial charge < -0.3 is 9.30 Å². The second-order valence-corrected chi connectivity index (χ2v) is 4.42. The maximum atomic E-state index is 12.0. The fourth-order valence-electron chi connectivity index (χ4n) is 2.64. The number of Topliss-reactive ketones (excluding diaryl/α,β-unsaturated/α-hetero) is 1. The van der Waals surface area contributed by atoms with E-state index in [-0.39, 0.29) is 11.8 Å². The van der Waals surface area contributed by atoms with Crippen molar-refractivity contribution in [2.24, 2.45) is 0 Å². The number of allylic oxidation sites excluding steroid dienone is 1. The summed E-state index contributed by atoms with van der Waals surface area (Å²) in [4.78, 5) is 23.1. The molecular weight excluding hydrogens is 218 g/mol. The number of ketones is 1. The molecule has 17 heavy (non-hydrogen) atoms. The summed E-state index contributed by atoms with van der Waals surface area (Å²) in [5.41, 5.74) is 2.52. The van der Waals surface area contributed by atoms with Crippen LogP contribution in [0.15, 0.2) is 6.08 Å². The van der Waals surface area contributed by atoms with Crippen LogP contribution in [-0.2, 0) is 17.8 Å². The van der Waals surface area contributed by atoms with Crippen LogP contribution in [-0.4, -0.2) is 16.3 Å². The lowest BCUT2D eigenvalue weighted by Crippen LogP contribution is -2.14. The standard InChI is InChI=1S/C13H13NO3/c1-8(15)17-13-10-5-3-7-14(10)9-4-2-6-11(16)12(9)13/h3,5H,2,4,6-7H2,1H3. The summed E-state index contributed by atoms with van der Waals surface area (Å²) < 4.78 is 7.31. The number of nitrogens with zero attached hydrogens (tertiary/aromatic N) is 1. The molecule has 1 aromatic rings. The number of carbonyl (C=O) groups excluding carboxylic acids is 2. The predicted molar refractivity (Wildman–Crippen MR) is 62.0 cm³/mol. The molecule has 0 amide bonds. The molecule has 0 saturated carbocycles. The lowest BCUT2D eigenvalue weighted by Gasteiger charge is -2.13. The Morgan fingerprint density at radius 3 is 3.00 bits per heavy atom. The van der Waals surface area contributed by atoms with Crippen LogP contribution in [0.25, 0.3) is 6.08 Å². The number of hydrogen-bond donors (Lipinski definition) is 0. The van der Waals surface area contributed by atoms with Gasteiger partial charge in [0.25, 0.3) is 0 Å². The zero-order chi connectivity index (χ0) is 12.0. The summed E-state index contributed by atoms with van der Waals surface area (Å²) in [6.07, 6.45) is 6.26. The first kappa shape index (κ1) is 10.3. The van der Waals surface area contributed by atoms with Gasteiger partial charge in [0.1, 0.15) is 0 Å². The van der Waals surface area contributed by atoms with E-state index in [2.05, 4.69) is 4.57 Å². The third-order valence-electron chi connectivity index (χ3n) is 3.27. The Balaban J connectivity index is 2.21. The van der Waals surface area contributed by atoms with Crippen molar-refractivity contribution in [3.63, 3.8) is 0 Å². The highest BCUT2D eigenvalue weighted by molar-refractivity contribution is 6.03. The summed E-state index contributed by atoms with van der Waals surface area (Å²) >= 11 is 0. The van der Waals surface area contributed by atoms with Gasteiger partial charge in [-0.05, 0) is 18.9 Å². The molecule has 4 nitrogen and oxygen atoms in total. The minimum atomic E-state index is -0.375. The highest BCUT2D eigenvalue weighted by Gasteiger charge is 2.31. The van der Waals surface area contributed by atoms with E-state index in [1.807, 2.05) is 12.2 Å². The number of esters is 1. The summed E-state index contributed by atoms with van der Waals surface area (Å²) in [5.74, 6) is 0.184. The molecule has 0 saturated heterocycles. The number of ether oxygens (including phenoxy) is 1. The molecule has 4 heteroatoms. The first-order valence-electron chi connectivity index (χ1n) is 5.82. The summed E-state index contributed by atoms with van der Waals surface area (Å²) in [6, 6.07) is 0. The maximum Gasteiger partial charge on any atom is 0.308 e. The Morgan fingerprint density at radius 2 is 2.24 bits per heavy atom. The van der Waals surface area contributed by atoms with Crippen molar-refractivity contribution in [1.82, 2.24) is 4.57 Å². The van der Waals surface area contributed by atoms with Crippen molar-refractivity contribution < 1.29 is 14.3 Å². The van der Waals surface area contributed by atoms with Crippen LogP contribution < -0.4 is 4.74 Å². The molecule has 0 spiro atoms. The van der Waals surface area contributed by atoms with Gasteiger partial charge in [-0.15, -0.1) is 0 Å². The van der Waals surface area contributed by atoms with Gasteiger partial charge in [0.2, 0.25) is 0 Å². The average Bonchev–Trinajstić information content (AvgIpc) is 2.82. The molecule has 0 aromatic carbocycles. The zero-order valence-electron chi connectivity index (χ0n) is 9.66. The molecule has 0 fully saturated rings. The zero-order valence-corrected chi connectivity index (χ0v) is 9.66. The summed E-state index contributed by atoms with van der Waals surface area (Å²) in [6.45, 7) is 2.13. The lowest BCUT2D eigenvalue weighted by molar-refractivity contribution is -0.131. The smallest absolute Gasteiger partial charge is 0.308 e. The Kier molecular flexibility index (Phi) is 2.18. The third-order valence-corrected chi connectivity index (χ3v) is 3.27.